The number of carbonyl (C=O) groups excluding carboxylic acids is 1. The second-order valence-electron chi connectivity index (χ2n) is 3.05. The summed E-state index contributed by atoms with van der Waals surface area (Å²) in [6, 6.07) is 1.80. The van der Waals surface area contributed by atoms with E-state index >= 15 is 0 Å². The molecule has 84 valence electrons. The number of nitrogens with one attached hydrogen (secondary N) is 2. The normalized spacial score (nSPS) is 10.6. The van der Waals surface area contributed by atoms with Gasteiger partial charge >= 0.3 is 0 Å². The number of carbonyl (C=O) groups is 1. The topological polar surface area (TPSA) is 109 Å². The average molecular weight is 247 g/mol. The summed E-state index contributed by atoms with van der Waals surface area (Å²) >= 11 is 1.45. The van der Waals surface area contributed by atoms with Crippen LogP contribution in [-0.4, -0.2) is 36.5 Å². The third kappa shape index (κ3) is 1.72. The quantitative estimate of drug-likeness (QED) is 0.680. The van der Waals surface area contributed by atoms with Gasteiger partial charge in [0.15, 0.2) is 0 Å². The van der Waals surface area contributed by atoms with Crippen molar-refractivity contribution in [3.05, 3.63) is 23.5 Å². The van der Waals surface area contributed by atoms with Gasteiger partial charge in [-0.3, -0.25) is 10.1 Å². The lowest BCUT2D eigenvalue weighted by molar-refractivity contribution is 0.102. The Hall–Kier alpha value is -2.42. The maximum atomic E-state index is 11.9. The summed E-state index contributed by atoms with van der Waals surface area (Å²) < 4.78 is 0. The molecule has 3 heterocycles. The Labute approximate surface area is 98.1 Å². The highest BCUT2D eigenvalue weighted by molar-refractivity contribution is 7.16. The lowest BCUT2D eigenvalue weighted by Crippen LogP contribution is -2.15. The van der Waals surface area contributed by atoms with Gasteiger partial charge in [0.2, 0.25) is 0 Å². The fourth-order valence-corrected chi connectivity index (χ4v) is 2.08. The third-order valence-corrected chi connectivity index (χ3v) is 2.87. The lowest BCUT2D eigenvalue weighted by Gasteiger charge is -2.00. The molecule has 0 aliphatic rings. The van der Waals surface area contributed by atoms with E-state index in [2.05, 4.69) is 35.9 Å². The average Bonchev–Trinajstić information content (AvgIpc) is 2.97. The predicted molar refractivity (Wildman–Crippen MR) is 59.5 cm³/mol. The molecule has 0 aromatic carbocycles. The van der Waals surface area contributed by atoms with E-state index in [1.54, 1.807) is 6.07 Å². The minimum Gasteiger partial charge on any atom is -0.286 e. The van der Waals surface area contributed by atoms with E-state index < -0.39 is 5.91 Å². The summed E-state index contributed by atoms with van der Waals surface area (Å²) in [6.45, 7) is 0. The molecule has 8 nitrogen and oxygen atoms in total. The molecule has 3 aromatic rings. The van der Waals surface area contributed by atoms with E-state index in [9.17, 15) is 4.79 Å². The molecule has 0 aliphatic carbocycles. The standard InChI is InChI=1S/C8H5N7OS/c16-6(11-8-12-14-15-13-8)5-4-1-2-17-7(4)10-3-9-5/h1-3H,(H2,11,12,13,14,15,16). The van der Waals surface area contributed by atoms with E-state index in [1.807, 2.05) is 5.38 Å². The van der Waals surface area contributed by atoms with Crippen LogP contribution < -0.4 is 5.32 Å². The molecule has 1 amide bonds. The molecule has 0 atom stereocenters. The molecule has 0 bridgehead atoms. The number of aromatic nitrogens is 6. The summed E-state index contributed by atoms with van der Waals surface area (Å²) in [5.74, 6) is -0.283. The van der Waals surface area contributed by atoms with Gasteiger partial charge in [-0.2, -0.15) is 5.21 Å². The van der Waals surface area contributed by atoms with E-state index in [1.165, 1.54) is 17.7 Å². The van der Waals surface area contributed by atoms with Crippen molar-refractivity contribution >= 4 is 33.4 Å². The van der Waals surface area contributed by atoms with Gasteiger partial charge < -0.3 is 0 Å². The Morgan fingerprint density at radius 1 is 1.41 bits per heavy atom. The smallest absolute Gasteiger partial charge is 0.277 e. The van der Waals surface area contributed by atoms with Crippen LogP contribution in [0.3, 0.4) is 0 Å². The Bertz CT molecular complexity index is 661. The molecule has 0 saturated heterocycles. The van der Waals surface area contributed by atoms with Gasteiger partial charge in [-0.25, -0.2) is 9.97 Å². The van der Waals surface area contributed by atoms with E-state index in [0.717, 1.165) is 4.83 Å². The minimum absolute atomic E-state index is 0.108. The first-order valence-corrected chi connectivity index (χ1v) is 5.45. The molecule has 2 N–H and O–H groups in total. The fourth-order valence-electron chi connectivity index (χ4n) is 1.35. The van der Waals surface area contributed by atoms with Crippen LogP contribution in [-0.2, 0) is 0 Å². The molecule has 3 aromatic heterocycles. The number of tetrazole rings is 1. The third-order valence-electron chi connectivity index (χ3n) is 2.05. The van der Waals surface area contributed by atoms with Gasteiger partial charge in [-0.1, -0.05) is 5.10 Å². The number of amides is 1. The molecular formula is C8H5N7OS. The summed E-state index contributed by atoms with van der Waals surface area (Å²) in [5, 5.41) is 17.9. The Morgan fingerprint density at radius 3 is 3.18 bits per heavy atom. The van der Waals surface area contributed by atoms with Crippen LogP contribution >= 0.6 is 11.3 Å². The number of aromatic amines is 1. The van der Waals surface area contributed by atoms with Crippen LogP contribution in [0.15, 0.2) is 17.8 Å². The monoisotopic (exact) mass is 247 g/mol. The highest BCUT2D eigenvalue weighted by Gasteiger charge is 2.14. The van der Waals surface area contributed by atoms with Crippen LogP contribution in [0.2, 0.25) is 0 Å². The van der Waals surface area contributed by atoms with Crippen LogP contribution in [0.25, 0.3) is 10.2 Å². The van der Waals surface area contributed by atoms with Crippen molar-refractivity contribution in [2.24, 2.45) is 0 Å². The summed E-state index contributed by atoms with van der Waals surface area (Å²) in [5.41, 5.74) is 0.293. The van der Waals surface area contributed by atoms with Gasteiger partial charge in [0.25, 0.3) is 11.9 Å². The zero-order valence-corrected chi connectivity index (χ0v) is 9.10. The highest BCUT2D eigenvalue weighted by atomic mass is 32.1. The first-order valence-electron chi connectivity index (χ1n) is 4.57. The zero-order valence-electron chi connectivity index (χ0n) is 8.28. The molecule has 3 rings (SSSR count). The second-order valence-corrected chi connectivity index (χ2v) is 3.95. The minimum atomic E-state index is -0.391. The van der Waals surface area contributed by atoms with Gasteiger partial charge in [0.1, 0.15) is 16.9 Å². The number of rotatable bonds is 2. The summed E-state index contributed by atoms with van der Waals surface area (Å²) in [6.07, 6.45) is 1.35. The van der Waals surface area contributed by atoms with E-state index in [0.29, 0.717) is 11.1 Å². The maximum absolute atomic E-state index is 11.9. The zero-order chi connectivity index (χ0) is 11.7. The fraction of sp³-hybridized carbons (Fsp3) is 0. The van der Waals surface area contributed by atoms with E-state index in [4.69, 9.17) is 0 Å². The Balaban J connectivity index is 1.98. The van der Waals surface area contributed by atoms with Crippen LogP contribution in [0.1, 0.15) is 10.5 Å². The predicted octanol–water partition coefficient (Wildman–Crippen LogP) is 0.457. The largest absolute Gasteiger partial charge is 0.286 e. The van der Waals surface area contributed by atoms with Crippen molar-refractivity contribution in [3.8, 4) is 0 Å². The molecule has 0 aliphatic heterocycles. The number of hydrogen-bond donors (Lipinski definition) is 2. The van der Waals surface area contributed by atoms with Crippen LogP contribution in [0, 0.1) is 0 Å². The summed E-state index contributed by atoms with van der Waals surface area (Å²) in [4.78, 5) is 20.7. The molecule has 0 radical (unpaired) electrons. The number of H-pyrrole nitrogens is 1. The first kappa shape index (κ1) is 9.78. The molecular weight excluding hydrogens is 242 g/mol. The summed E-state index contributed by atoms with van der Waals surface area (Å²) in [7, 11) is 0. The van der Waals surface area contributed by atoms with Crippen LogP contribution in [0.5, 0.6) is 0 Å². The van der Waals surface area contributed by atoms with Crippen LogP contribution in [0.4, 0.5) is 5.95 Å². The van der Waals surface area contributed by atoms with Crippen molar-refractivity contribution in [2.45, 2.75) is 0 Å². The second kappa shape index (κ2) is 3.87. The number of anilines is 1. The number of hydrogen-bond acceptors (Lipinski definition) is 7. The van der Waals surface area contributed by atoms with Crippen molar-refractivity contribution in [1.82, 2.24) is 30.6 Å². The number of fused-ring (bicyclic) bond motifs is 1. The molecule has 17 heavy (non-hydrogen) atoms. The SMILES string of the molecule is O=C(Nc1nn[nH]n1)c1ncnc2sccc12. The molecule has 0 unspecified atom stereocenters. The first-order chi connectivity index (χ1) is 8.34. The van der Waals surface area contributed by atoms with Gasteiger partial charge in [-0.15, -0.1) is 16.4 Å². The Morgan fingerprint density at radius 2 is 2.35 bits per heavy atom. The molecule has 0 spiro atoms. The van der Waals surface area contributed by atoms with Crippen molar-refractivity contribution in [2.75, 3.05) is 5.32 Å². The van der Waals surface area contributed by atoms with Gasteiger partial charge in [0, 0.05) is 5.39 Å². The van der Waals surface area contributed by atoms with Gasteiger partial charge in [0.05, 0.1) is 0 Å². The number of nitrogens with zero attached hydrogens (tertiary/aromatic N) is 5. The van der Waals surface area contributed by atoms with E-state index in [-0.39, 0.29) is 5.95 Å². The molecule has 9 heteroatoms. The van der Waals surface area contributed by atoms with Crippen molar-refractivity contribution in [1.29, 1.82) is 0 Å². The Kier molecular flexibility index (Phi) is 2.22. The number of thiophene rings is 1. The van der Waals surface area contributed by atoms with Crippen molar-refractivity contribution in [3.63, 3.8) is 0 Å². The highest BCUT2D eigenvalue weighted by Crippen LogP contribution is 2.20. The molecule has 0 fully saturated rings. The lowest BCUT2D eigenvalue weighted by atomic mass is 10.3. The maximum Gasteiger partial charge on any atom is 0.277 e. The molecule has 0 saturated carbocycles. The van der Waals surface area contributed by atoms with Crippen molar-refractivity contribution < 1.29 is 4.79 Å². The van der Waals surface area contributed by atoms with Gasteiger partial charge in [-0.05, 0) is 16.7 Å².